The number of benzene rings is 1. The van der Waals surface area contributed by atoms with Crippen LogP contribution in [0, 0.1) is 0 Å². The number of halogens is 3. The Morgan fingerprint density at radius 3 is 2.52 bits per heavy atom. The quantitative estimate of drug-likeness (QED) is 0.814. The van der Waals surface area contributed by atoms with Crippen LogP contribution in [-0.4, -0.2) is 27.6 Å². The van der Waals surface area contributed by atoms with Gasteiger partial charge < -0.3 is 4.74 Å². The number of ether oxygens (including phenoxy) is 1. The zero-order valence-electron chi connectivity index (χ0n) is 11.1. The average molecular weight is 299 g/mol. The number of aromatic nitrogens is 3. The number of hydrogen-bond acceptors (Lipinski definition) is 4. The molecule has 21 heavy (non-hydrogen) atoms. The number of rotatable bonds is 4. The first-order valence-corrected chi connectivity index (χ1v) is 6.15. The third kappa shape index (κ3) is 3.39. The molecule has 2 aromatic rings. The highest BCUT2D eigenvalue weighted by Gasteiger charge is 2.41. The van der Waals surface area contributed by atoms with Crippen LogP contribution in [0.4, 0.5) is 13.2 Å². The van der Waals surface area contributed by atoms with E-state index >= 15 is 0 Å². The normalized spacial score (nSPS) is 11.4. The first-order valence-electron chi connectivity index (χ1n) is 6.15. The number of hydrogen-bond donors (Lipinski definition) is 0. The van der Waals surface area contributed by atoms with Gasteiger partial charge in [-0.2, -0.15) is 13.2 Å². The molecule has 8 heteroatoms. The van der Waals surface area contributed by atoms with E-state index in [1.165, 1.54) is 6.92 Å². The smallest absolute Gasteiger partial charge is 0.437 e. The summed E-state index contributed by atoms with van der Waals surface area (Å²) in [6.07, 6.45) is -4.77. The summed E-state index contributed by atoms with van der Waals surface area (Å²) in [7, 11) is 0. The maximum atomic E-state index is 12.9. The monoisotopic (exact) mass is 299 g/mol. The van der Waals surface area contributed by atoms with E-state index in [4.69, 9.17) is 0 Å². The van der Waals surface area contributed by atoms with Gasteiger partial charge in [0.1, 0.15) is 0 Å². The van der Waals surface area contributed by atoms with Gasteiger partial charge in [0, 0.05) is 0 Å². The van der Waals surface area contributed by atoms with Gasteiger partial charge in [-0.25, -0.2) is 9.48 Å². The van der Waals surface area contributed by atoms with Crippen molar-refractivity contribution in [3.8, 4) is 0 Å². The molecule has 0 spiro atoms. The summed E-state index contributed by atoms with van der Waals surface area (Å²) in [5.74, 6) is -1.09. The first-order chi connectivity index (χ1) is 9.93. The highest BCUT2D eigenvalue weighted by molar-refractivity contribution is 5.88. The van der Waals surface area contributed by atoms with Gasteiger partial charge in [0.2, 0.25) is 5.69 Å². The fraction of sp³-hybridized carbons (Fsp3) is 0.308. The van der Waals surface area contributed by atoms with Crippen molar-refractivity contribution < 1.29 is 22.7 Å². The van der Waals surface area contributed by atoms with Crippen LogP contribution >= 0.6 is 0 Å². The van der Waals surface area contributed by atoms with Crippen molar-refractivity contribution in [1.82, 2.24) is 15.0 Å². The van der Waals surface area contributed by atoms with Gasteiger partial charge in [-0.3, -0.25) is 0 Å². The molecule has 0 aliphatic carbocycles. The molecular formula is C13H12F3N3O2. The molecule has 0 aliphatic heterocycles. The van der Waals surface area contributed by atoms with Gasteiger partial charge in [0.15, 0.2) is 5.69 Å². The zero-order valence-corrected chi connectivity index (χ0v) is 11.1. The number of esters is 1. The second-order valence-corrected chi connectivity index (χ2v) is 4.15. The Labute approximate surface area is 118 Å². The molecule has 0 amide bonds. The van der Waals surface area contributed by atoms with E-state index < -0.39 is 23.5 Å². The van der Waals surface area contributed by atoms with E-state index in [-0.39, 0.29) is 13.2 Å². The van der Waals surface area contributed by atoms with Gasteiger partial charge in [0.05, 0.1) is 13.2 Å². The predicted octanol–water partition coefficient (Wildman–Crippen LogP) is 2.52. The largest absolute Gasteiger partial charge is 0.461 e. The van der Waals surface area contributed by atoms with Crippen LogP contribution in [0.5, 0.6) is 0 Å². The van der Waals surface area contributed by atoms with Crippen molar-refractivity contribution in [2.24, 2.45) is 0 Å². The Hall–Kier alpha value is -2.38. The van der Waals surface area contributed by atoms with Crippen LogP contribution in [0.25, 0.3) is 0 Å². The molecule has 112 valence electrons. The third-order valence-corrected chi connectivity index (χ3v) is 2.65. The number of nitrogens with zero attached hydrogens (tertiary/aromatic N) is 3. The van der Waals surface area contributed by atoms with Crippen molar-refractivity contribution in [1.29, 1.82) is 0 Å². The summed E-state index contributed by atoms with van der Waals surface area (Å²) in [6, 6.07) is 8.67. The van der Waals surface area contributed by atoms with Crippen molar-refractivity contribution in [2.45, 2.75) is 19.6 Å². The van der Waals surface area contributed by atoms with E-state index in [1.807, 2.05) is 0 Å². The first kappa shape index (κ1) is 15.0. The molecule has 0 radical (unpaired) electrons. The Balaban J connectivity index is 2.41. The molecule has 0 saturated carbocycles. The van der Waals surface area contributed by atoms with Crippen LogP contribution in [0.1, 0.15) is 28.7 Å². The molecule has 1 heterocycles. The highest BCUT2D eigenvalue weighted by atomic mass is 19.4. The minimum absolute atomic E-state index is 0.00192. The molecule has 0 atom stereocenters. The van der Waals surface area contributed by atoms with Gasteiger partial charge in [-0.05, 0) is 12.5 Å². The lowest BCUT2D eigenvalue weighted by Crippen LogP contribution is -2.19. The maximum absolute atomic E-state index is 12.9. The van der Waals surface area contributed by atoms with Crippen LogP contribution in [0.2, 0.25) is 0 Å². The summed E-state index contributed by atoms with van der Waals surface area (Å²) in [5.41, 5.74) is -1.33. The lowest BCUT2D eigenvalue weighted by atomic mass is 10.2. The van der Waals surface area contributed by atoms with Crippen molar-refractivity contribution in [2.75, 3.05) is 6.61 Å². The van der Waals surface area contributed by atoms with Crippen molar-refractivity contribution in [3.05, 3.63) is 47.3 Å². The van der Waals surface area contributed by atoms with Gasteiger partial charge in [-0.1, -0.05) is 35.5 Å². The Kier molecular flexibility index (Phi) is 4.25. The predicted molar refractivity (Wildman–Crippen MR) is 66.5 cm³/mol. The van der Waals surface area contributed by atoms with Crippen molar-refractivity contribution in [3.63, 3.8) is 0 Å². The SMILES string of the molecule is CCOC(=O)c1c(C(F)(F)F)nnn1Cc1ccccc1. The fourth-order valence-electron chi connectivity index (χ4n) is 1.77. The Bertz CT molecular complexity index is 623. The number of carbonyl (C=O) groups is 1. The molecule has 0 bridgehead atoms. The van der Waals surface area contributed by atoms with E-state index in [9.17, 15) is 18.0 Å². The summed E-state index contributed by atoms with van der Waals surface area (Å²) in [4.78, 5) is 11.8. The minimum atomic E-state index is -4.77. The van der Waals surface area contributed by atoms with Crippen LogP contribution < -0.4 is 0 Å². The Morgan fingerprint density at radius 1 is 1.29 bits per heavy atom. The van der Waals surface area contributed by atoms with Crippen molar-refractivity contribution >= 4 is 5.97 Å². The molecule has 2 rings (SSSR count). The van der Waals surface area contributed by atoms with E-state index in [0.29, 0.717) is 5.56 Å². The van der Waals surface area contributed by atoms with E-state index in [1.54, 1.807) is 30.3 Å². The second-order valence-electron chi connectivity index (χ2n) is 4.15. The molecule has 0 unspecified atom stereocenters. The Morgan fingerprint density at radius 2 is 1.95 bits per heavy atom. The van der Waals surface area contributed by atoms with Crippen LogP contribution in [-0.2, 0) is 17.5 Å². The second kappa shape index (κ2) is 5.94. The molecule has 1 aromatic heterocycles. The van der Waals surface area contributed by atoms with E-state index in [0.717, 1.165) is 4.68 Å². The average Bonchev–Trinajstić information content (AvgIpc) is 2.84. The third-order valence-electron chi connectivity index (χ3n) is 2.65. The summed E-state index contributed by atoms with van der Waals surface area (Å²) in [6.45, 7) is 1.47. The summed E-state index contributed by atoms with van der Waals surface area (Å²) in [5, 5.41) is 6.50. The maximum Gasteiger partial charge on any atom is 0.437 e. The van der Waals surface area contributed by atoms with Gasteiger partial charge in [0.25, 0.3) is 0 Å². The standard InChI is InChI=1S/C13H12F3N3O2/c1-2-21-12(20)10-11(13(14,15)16)17-18-19(10)8-9-6-4-3-5-7-9/h3-7H,2,8H2,1H3. The topological polar surface area (TPSA) is 57.0 Å². The van der Waals surface area contributed by atoms with Gasteiger partial charge in [-0.15, -0.1) is 5.10 Å². The minimum Gasteiger partial charge on any atom is -0.461 e. The lowest BCUT2D eigenvalue weighted by molar-refractivity contribution is -0.141. The fourth-order valence-corrected chi connectivity index (χ4v) is 1.77. The van der Waals surface area contributed by atoms with E-state index in [2.05, 4.69) is 15.0 Å². The summed E-state index contributed by atoms with van der Waals surface area (Å²) < 4.78 is 44.2. The lowest BCUT2D eigenvalue weighted by Gasteiger charge is -2.09. The number of alkyl halides is 3. The zero-order chi connectivity index (χ0) is 15.5. The molecule has 1 aromatic carbocycles. The molecule has 0 aliphatic rings. The number of carbonyl (C=O) groups excluding carboxylic acids is 1. The molecular weight excluding hydrogens is 287 g/mol. The van der Waals surface area contributed by atoms with Crippen LogP contribution in [0.3, 0.4) is 0 Å². The molecule has 0 N–H and O–H groups in total. The molecule has 0 saturated heterocycles. The van der Waals surface area contributed by atoms with Gasteiger partial charge >= 0.3 is 12.1 Å². The summed E-state index contributed by atoms with van der Waals surface area (Å²) >= 11 is 0. The molecule has 0 fully saturated rings. The van der Waals surface area contributed by atoms with Crippen LogP contribution in [0.15, 0.2) is 30.3 Å². The highest BCUT2D eigenvalue weighted by Crippen LogP contribution is 2.30. The molecule has 5 nitrogen and oxygen atoms in total.